The van der Waals surface area contributed by atoms with Crippen molar-refractivity contribution < 1.29 is 14.0 Å². The average molecular weight is 364 g/mol. The summed E-state index contributed by atoms with van der Waals surface area (Å²) in [6.45, 7) is 7.78. The Kier molecular flexibility index (Phi) is 5.35. The summed E-state index contributed by atoms with van der Waals surface area (Å²) in [5.74, 6) is -0.336. The van der Waals surface area contributed by atoms with E-state index in [0.717, 1.165) is 11.3 Å². The van der Waals surface area contributed by atoms with Gasteiger partial charge in [0.2, 0.25) is 14.1 Å². The lowest BCUT2D eigenvalue weighted by Crippen LogP contribution is -2.30. The molecule has 0 aliphatic heterocycles. The number of rotatable bonds is 5. The molecule has 0 N–H and O–H groups in total. The van der Waals surface area contributed by atoms with Gasteiger partial charge in [0.15, 0.2) is 0 Å². The standard InChI is InChI=1S/C18H22ClNO3Si/c1-12-10-15(11-16(21)23-24(3,4)5)20(2)17(12)18(22)13-6-8-14(19)9-7-13/h6-10H,11H2,1-5H3. The maximum absolute atomic E-state index is 12.8. The molecule has 0 spiro atoms. The van der Waals surface area contributed by atoms with Crippen molar-refractivity contribution in [1.29, 1.82) is 0 Å². The van der Waals surface area contributed by atoms with Gasteiger partial charge in [0, 0.05) is 23.3 Å². The minimum absolute atomic E-state index is 0.0866. The number of ketones is 1. The maximum atomic E-state index is 12.8. The van der Waals surface area contributed by atoms with Gasteiger partial charge < -0.3 is 8.99 Å². The minimum atomic E-state index is -1.92. The summed E-state index contributed by atoms with van der Waals surface area (Å²) in [6.07, 6.45) is 0.162. The number of hydrogen-bond acceptors (Lipinski definition) is 3. The fourth-order valence-electron chi connectivity index (χ4n) is 2.59. The second-order valence-electron chi connectivity index (χ2n) is 6.83. The van der Waals surface area contributed by atoms with Gasteiger partial charge in [0.05, 0.1) is 12.1 Å². The van der Waals surface area contributed by atoms with E-state index in [-0.39, 0.29) is 18.2 Å². The van der Waals surface area contributed by atoms with Gasteiger partial charge >= 0.3 is 0 Å². The zero-order valence-corrected chi connectivity index (χ0v) is 16.4. The summed E-state index contributed by atoms with van der Waals surface area (Å²) in [4.78, 5) is 24.8. The summed E-state index contributed by atoms with van der Waals surface area (Å²) in [5.41, 5.74) is 2.76. The molecular formula is C18H22ClNO3Si. The molecule has 4 nitrogen and oxygen atoms in total. The van der Waals surface area contributed by atoms with Crippen molar-refractivity contribution in [3.05, 3.63) is 57.9 Å². The molecule has 2 aromatic rings. The van der Waals surface area contributed by atoms with Crippen LogP contribution in [-0.4, -0.2) is 24.6 Å². The predicted octanol–water partition coefficient (Wildman–Crippen LogP) is 4.14. The number of carbonyl (C=O) groups excluding carboxylic acids is 2. The molecule has 1 heterocycles. The molecule has 0 saturated carbocycles. The number of benzene rings is 1. The van der Waals surface area contributed by atoms with Crippen LogP contribution in [0.1, 0.15) is 27.3 Å². The Morgan fingerprint density at radius 1 is 1.17 bits per heavy atom. The van der Waals surface area contributed by atoms with Gasteiger partial charge in [0.1, 0.15) is 0 Å². The van der Waals surface area contributed by atoms with E-state index in [9.17, 15) is 9.59 Å². The zero-order chi connectivity index (χ0) is 18.1. The second-order valence-corrected chi connectivity index (χ2v) is 11.7. The molecule has 1 aromatic carbocycles. The molecule has 0 atom stereocenters. The molecule has 6 heteroatoms. The molecule has 0 amide bonds. The van der Waals surface area contributed by atoms with E-state index in [2.05, 4.69) is 0 Å². The first-order chi connectivity index (χ1) is 11.1. The highest BCUT2D eigenvalue weighted by Gasteiger charge is 2.23. The monoisotopic (exact) mass is 363 g/mol. The van der Waals surface area contributed by atoms with Crippen LogP contribution in [-0.2, 0) is 22.7 Å². The Morgan fingerprint density at radius 2 is 1.75 bits per heavy atom. The quantitative estimate of drug-likeness (QED) is 0.592. The van der Waals surface area contributed by atoms with Crippen molar-refractivity contribution in [2.75, 3.05) is 0 Å². The van der Waals surface area contributed by atoms with E-state index in [1.165, 1.54) is 0 Å². The van der Waals surface area contributed by atoms with E-state index < -0.39 is 8.32 Å². The van der Waals surface area contributed by atoms with E-state index in [1.54, 1.807) is 35.9 Å². The maximum Gasteiger partial charge on any atom is 0.298 e. The largest absolute Gasteiger partial charge is 0.520 e. The van der Waals surface area contributed by atoms with E-state index >= 15 is 0 Å². The average Bonchev–Trinajstić information content (AvgIpc) is 2.71. The Labute approximate surface area is 148 Å². The molecule has 0 aliphatic rings. The third-order valence-corrected chi connectivity index (χ3v) is 4.68. The number of halogens is 1. The number of carbonyl (C=O) groups is 2. The van der Waals surface area contributed by atoms with E-state index in [0.29, 0.717) is 16.3 Å². The first-order valence-corrected chi connectivity index (χ1v) is 11.5. The van der Waals surface area contributed by atoms with Crippen molar-refractivity contribution in [2.24, 2.45) is 7.05 Å². The fraction of sp³-hybridized carbons (Fsp3) is 0.333. The van der Waals surface area contributed by atoms with Gasteiger partial charge in [0.25, 0.3) is 5.97 Å². The van der Waals surface area contributed by atoms with Gasteiger partial charge in [-0.25, -0.2) is 0 Å². The van der Waals surface area contributed by atoms with Crippen LogP contribution in [0, 0.1) is 6.92 Å². The lowest BCUT2D eigenvalue weighted by Gasteiger charge is -2.17. The van der Waals surface area contributed by atoms with Crippen LogP contribution in [0.15, 0.2) is 30.3 Å². The van der Waals surface area contributed by atoms with Gasteiger partial charge in [-0.2, -0.15) is 0 Å². The summed E-state index contributed by atoms with van der Waals surface area (Å²) < 4.78 is 7.27. The molecule has 0 fully saturated rings. The Hall–Kier alpha value is -1.85. The smallest absolute Gasteiger partial charge is 0.298 e. The van der Waals surface area contributed by atoms with E-state index in [1.807, 2.05) is 32.6 Å². The Bertz CT molecular complexity index is 773. The van der Waals surface area contributed by atoms with Crippen molar-refractivity contribution in [2.45, 2.75) is 33.0 Å². The second kappa shape index (κ2) is 6.95. The van der Waals surface area contributed by atoms with Crippen molar-refractivity contribution in [3.8, 4) is 0 Å². The highest BCUT2D eigenvalue weighted by atomic mass is 35.5. The third kappa shape index (κ3) is 4.36. The molecule has 128 valence electrons. The van der Waals surface area contributed by atoms with Gasteiger partial charge in [-0.05, 0) is 62.5 Å². The lowest BCUT2D eigenvalue weighted by atomic mass is 10.1. The fourth-order valence-corrected chi connectivity index (χ4v) is 3.47. The normalized spacial score (nSPS) is 11.4. The molecule has 0 aliphatic carbocycles. The van der Waals surface area contributed by atoms with Crippen LogP contribution in [0.2, 0.25) is 24.7 Å². The van der Waals surface area contributed by atoms with Crippen LogP contribution in [0.25, 0.3) is 0 Å². The number of hydrogen-bond donors (Lipinski definition) is 0. The molecule has 0 saturated heterocycles. The molecule has 1 aromatic heterocycles. The van der Waals surface area contributed by atoms with Gasteiger partial charge in [-0.3, -0.25) is 9.59 Å². The van der Waals surface area contributed by atoms with Gasteiger partial charge in [-0.15, -0.1) is 0 Å². The SMILES string of the molecule is Cc1cc(CC(=O)O[Si](C)(C)C)n(C)c1C(=O)c1ccc(Cl)cc1. The molecule has 0 radical (unpaired) electrons. The van der Waals surface area contributed by atoms with Gasteiger partial charge in [-0.1, -0.05) is 11.6 Å². The van der Waals surface area contributed by atoms with Crippen LogP contribution in [0.3, 0.4) is 0 Å². The first kappa shape index (κ1) is 18.5. The van der Waals surface area contributed by atoms with Crippen molar-refractivity contribution >= 4 is 31.7 Å². The first-order valence-electron chi connectivity index (χ1n) is 7.76. The minimum Gasteiger partial charge on any atom is -0.520 e. The van der Waals surface area contributed by atoms with Crippen molar-refractivity contribution in [3.63, 3.8) is 0 Å². The zero-order valence-electron chi connectivity index (χ0n) is 14.6. The Balaban J connectivity index is 2.27. The topological polar surface area (TPSA) is 48.3 Å². The van der Waals surface area contributed by atoms with E-state index in [4.69, 9.17) is 16.0 Å². The number of aromatic nitrogens is 1. The highest BCUT2D eigenvalue weighted by Crippen LogP contribution is 2.20. The summed E-state index contributed by atoms with van der Waals surface area (Å²) in [6, 6.07) is 8.67. The molecule has 24 heavy (non-hydrogen) atoms. The Morgan fingerprint density at radius 3 is 2.29 bits per heavy atom. The number of nitrogens with zero attached hydrogens (tertiary/aromatic N) is 1. The van der Waals surface area contributed by atoms with Crippen LogP contribution >= 0.6 is 11.6 Å². The predicted molar refractivity (Wildman–Crippen MR) is 98.2 cm³/mol. The summed E-state index contributed by atoms with van der Waals surface area (Å²) in [5, 5.41) is 0.588. The number of aryl methyl sites for hydroxylation is 1. The third-order valence-electron chi connectivity index (χ3n) is 3.59. The lowest BCUT2D eigenvalue weighted by molar-refractivity contribution is -0.134. The molecule has 0 unspecified atom stereocenters. The summed E-state index contributed by atoms with van der Waals surface area (Å²) >= 11 is 5.87. The van der Waals surface area contributed by atoms with Crippen LogP contribution in [0.5, 0.6) is 0 Å². The van der Waals surface area contributed by atoms with Crippen LogP contribution in [0.4, 0.5) is 0 Å². The molecular weight excluding hydrogens is 342 g/mol. The summed E-state index contributed by atoms with van der Waals surface area (Å²) in [7, 11) is -0.118. The molecule has 0 bridgehead atoms. The van der Waals surface area contributed by atoms with Crippen molar-refractivity contribution in [1.82, 2.24) is 4.57 Å². The highest BCUT2D eigenvalue weighted by molar-refractivity contribution is 6.71. The molecule has 2 rings (SSSR count). The van der Waals surface area contributed by atoms with Crippen LogP contribution < -0.4 is 0 Å².